The molecule has 1 heterocycles. The maximum atomic E-state index is 5.08. The van der Waals surface area contributed by atoms with E-state index in [2.05, 4.69) is 10.2 Å². The third-order valence-electron chi connectivity index (χ3n) is 6.00. The first-order chi connectivity index (χ1) is 9.85. The van der Waals surface area contributed by atoms with E-state index in [0.717, 1.165) is 36.8 Å². The number of hydrogen-bond donors (Lipinski definition) is 1. The number of hydrogen-bond acceptors (Lipinski definition) is 3. The first kappa shape index (κ1) is 14.8. The summed E-state index contributed by atoms with van der Waals surface area (Å²) in [6, 6.07) is 0. The summed E-state index contributed by atoms with van der Waals surface area (Å²) in [5.74, 6) is 4.13. The molecule has 0 amide bonds. The fraction of sp³-hybridized carbons (Fsp3) is 1.00. The molecule has 2 aliphatic carbocycles. The first-order valence-corrected chi connectivity index (χ1v) is 8.77. The van der Waals surface area contributed by atoms with Crippen LogP contribution in [0.25, 0.3) is 0 Å². The Balaban J connectivity index is 1.30. The van der Waals surface area contributed by atoms with Gasteiger partial charge in [0.15, 0.2) is 0 Å². The highest BCUT2D eigenvalue weighted by Crippen LogP contribution is 2.48. The number of rotatable bonds is 7. The molecule has 3 atom stereocenters. The molecule has 0 aromatic heterocycles. The summed E-state index contributed by atoms with van der Waals surface area (Å²) in [7, 11) is 1.77. The zero-order valence-electron chi connectivity index (χ0n) is 13.2. The molecule has 2 saturated carbocycles. The highest BCUT2D eigenvalue weighted by Gasteiger charge is 2.40. The molecule has 1 N–H and O–H groups in total. The zero-order valence-corrected chi connectivity index (χ0v) is 13.2. The number of nitrogens with zero attached hydrogens (tertiary/aromatic N) is 1. The van der Waals surface area contributed by atoms with Crippen molar-refractivity contribution >= 4 is 0 Å². The average Bonchev–Trinajstić information content (AvgIpc) is 3.08. The molecule has 3 fully saturated rings. The average molecular weight is 280 g/mol. The lowest BCUT2D eigenvalue weighted by Crippen LogP contribution is -2.40. The van der Waals surface area contributed by atoms with Crippen molar-refractivity contribution in [2.75, 3.05) is 46.4 Å². The molecule has 1 saturated heterocycles. The fourth-order valence-corrected chi connectivity index (χ4v) is 4.79. The molecular weight excluding hydrogens is 248 g/mol. The molecular formula is C17H32N2O. The second-order valence-electron chi connectivity index (χ2n) is 7.38. The van der Waals surface area contributed by atoms with E-state index in [1.165, 1.54) is 51.9 Å². The lowest BCUT2D eigenvalue weighted by Gasteiger charge is -2.35. The van der Waals surface area contributed by atoms with E-state index >= 15 is 0 Å². The quantitative estimate of drug-likeness (QED) is 0.725. The predicted molar refractivity (Wildman–Crippen MR) is 82.8 cm³/mol. The Morgan fingerprint density at radius 1 is 1.10 bits per heavy atom. The minimum atomic E-state index is 0.836. The van der Waals surface area contributed by atoms with Gasteiger partial charge >= 0.3 is 0 Å². The standard InChI is InChI=1S/C17H32N2O/c1-20-9-6-18-12-14-4-7-19(8-5-14)13-17-11-15-2-3-16(17)10-15/h14-18H,2-13H2,1H3. The SMILES string of the molecule is COCCNCC1CCN(CC2CC3CCC2C3)CC1. The van der Waals surface area contributed by atoms with Crippen LogP contribution in [-0.2, 0) is 4.74 Å². The van der Waals surface area contributed by atoms with Crippen molar-refractivity contribution < 1.29 is 4.74 Å². The van der Waals surface area contributed by atoms with E-state index in [1.807, 2.05) is 0 Å². The van der Waals surface area contributed by atoms with Crippen molar-refractivity contribution in [3.8, 4) is 0 Å². The van der Waals surface area contributed by atoms with Crippen LogP contribution in [0.1, 0.15) is 38.5 Å². The summed E-state index contributed by atoms with van der Waals surface area (Å²) in [5.41, 5.74) is 0. The van der Waals surface area contributed by atoms with Crippen LogP contribution < -0.4 is 5.32 Å². The van der Waals surface area contributed by atoms with Crippen LogP contribution in [0.2, 0.25) is 0 Å². The van der Waals surface area contributed by atoms with Gasteiger partial charge in [0.05, 0.1) is 6.61 Å². The summed E-state index contributed by atoms with van der Waals surface area (Å²) in [6.45, 7) is 7.11. The highest BCUT2D eigenvalue weighted by molar-refractivity contribution is 4.91. The normalized spacial score (nSPS) is 35.0. The molecule has 2 bridgehead atoms. The lowest BCUT2D eigenvalue weighted by molar-refractivity contribution is 0.136. The smallest absolute Gasteiger partial charge is 0.0587 e. The highest BCUT2D eigenvalue weighted by atomic mass is 16.5. The Morgan fingerprint density at radius 3 is 2.60 bits per heavy atom. The maximum Gasteiger partial charge on any atom is 0.0587 e. The number of likely N-dealkylation sites (tertiary alicyclic amines) is 1. The van der Waals surface area contributed by atoms with Gasteiger partial charge in [-0.1, -0.05) is 6.42 Å². The van der Waals surface area contributed by atoms with Gasteiger partial charge in [-0.25, -0.2) is 0 Å². The van der Waals surface area contributed by atoms with Crippen LogP contribution in [0.4, 0.5) is 0 Å². The maximum absolute atomic E-state index is 5.08. The minimum Gasteiger partial charge on any atom is -0.383 e. The molecule has 3 unspecified atom stereocenters. The molecule has 0 radical (unpaired) electrons. The van der Waals surface area contributed by atoms with Crippen LogP contribution in [0.3, 0.4) is 0 Å². The van der Waals surface area contributed by atoms with E-state index in [9.17, 15) is 0 Å². The van der Waals surface area contributed by atoms with Gasteiger partial charge in [-0.05, 0) is 75.4 Å². The monoisotopic (exact) mass is 280 g/mol. The van der Waals surface area contributed by atoms with Gasteiger partial charge in [-0.2, -0.15) is 0 Å². The van der Waals surface area contributed by atoms with Crippen molar-refractivity contribution in [1.82, 2.24) is 10.2 Å². The van der Waals surface area contributed by atoms with Crippen LogP contribution in [0, 0.1) is 23.7 Å². The molecule has 0 aromatic rings. The lowest BCUT2D eigenvalue weighted by atomic mass is 9.87. The second-order valence-corrected chi connectivity index (χ2v) is 7.38. The summed E-state index contributed by atoms with van der Waals surface area (Å²) >= 11 is 0. The molecule has 116 valence electrons. The molecule has 3 aliphatic rings. The van der Waals surface area contributed by atoms with Crippen molar-refractivity contribution in [3.63, 3.8) is 0 Å². The topological polar surface area (TPSA) is 24.5 Å². The van der Waals surface area contributed by atoms with Crippen molar-refractivity contribution in [1.29, 1.82) is 0 Å². The minimum absolute atomic E-state index is 0.836. The Kier molecular flexibility index (Phi) is 5.36. The van der Waals surface area contributed by atoms with Gasteiger partial charge in [-0.3, -0.25) is 0 Å². The molecule has 0 aromatic carbocycles. The third kappa shape index (κ3) is 3.75. The number of piperidine rings is 1. The van der Waals surface area contributed by atoms with Gasteiger partial charge in [-0.15, -0.1) is 0 Å². The molecule has 3 rings (SSSR count). The number of nitrogens with one attached hydrogen (secondary N) is 1. The number of fused-ring (bicyclic) bond motifs is 2. The molecule has 20 heavy (non-hydrogen) atoms. The molecule has 3 nitrogen and oxygen atoms in total. The van der Waals surface area contributed by atoms with E-state index in [1.54, 1.807) is 20.0 Å². The Morgan fingerprint density at radius 2 is 1.95 bits per heavy atom. The van der Waals surface area contributed by atoms with E-state index < -0.39 is 0 Å². The van der Waals surface area contributed by atoms with Gasteiger partial charge in [0.1, 0.15) is 0 Å². The van der Waals surface area contributed by atoms with Gasteiger partial charge < -0.3 is 15.0 Å². The van der Waals surface area contributed by atoms with Crippen LogP contribution in [0.5, 0.6) is 0 Å². The van der Waals surface area contributed by atoms with E-state index in [4.69, 9.17) is 4.74 Å². The predicted octanol–water partition coefficient (Wildman–Crippen LogP) is 2.37. The Hall–Kier alpha value is -0.120. The fourth-order valence-electron chi connectivity index (χ4n) is 4.79. The summed E-state index contributed by atoms with van der Waals surface area (Å²) < 4.78 is 5.08. The third-order valence-corrected chi connectivity index (χ3v) is 6.00. The van der Waals surface area contributed by atoms with Gasteiger partial charge in [0.25, 0.3) is 0 Å². The number of ether oxygens (including phenoxy) is 1. The van der Waals surface area contributed by atoms with Gasteiger partial charge in [0.2, 0.25) is 0 Å². The van der Waals surface area contributed by atoms with Crippen LogP contribution in [-0.4, -0.2) is 51.3 Å². The van der Waals surface area contributed by atoms with Crippen molar-refractivity contribution in [2.24, 2.45) is 23.7 Å². The summed E-state index contributed by atoms with van der Waals surface area (Å²) in [5, 5.41) is 3.52. The van der Waals surface area contributed by atoms with Crippen LogP contribution in [0.15, 0.2) is 0 Å². The van der Waals surface area contributed by atoms with Crippen molar-refractivity contribution in [2.45, 2.75) is 38.5 Å². The van der Waals surface area contributed by atoms with E-state index in [-0.39, 0.29) is 0 Å². The van der Waals surface area contributed by atoms with Crippen molar-refractivity contribution in [3.05, 3.63) is 0 Å². The van der Waals surface area contributed by atoms with E-state index in [0.29, 0.717) is 0 Å². The molecule has 1 aliphatic heterocycles. The molecule has 0 spiro atoms. The van der Waals surface area contributed by atoms with Gasteiger partial charge in [0, 0.05) is 20.2 Å². The Labute approximate surface area is 124 Å². The summed E-state index contributed by atoms with van der Waals surface area (Å²) in [6.07, 6.45) is 8.96. The van der Waals surface area contributed by atoms with Crippen LogP contribution >= 0.6 is 0 Å². The summed E-state index contributed by atoms with van der Waals surface area (Å²) in [4.78, 5) is 2.76. The second kappa shape index (κ2) is 7.24. The Bertz CT molecular complexity index is 289. The first-order valence-electron chi connectivity index (χ1n) is 8.77. The number of methoxy groups -OCH3 is 1. The zero-order chi connectivity index (χ0) is 13.8. The molecule has 3 heteroatoms. The largest absolute Gasteiger partial charge is 0.383 e.